The van der Waals surface area contributed by atoms with Gasteiger partial charge in [-0.1, -0.05) is 53.2 Å². The van der Waals surface area contributed by atoms with Crippen LogP contribution in [0.5, 0.6) is 0 Å². The van der Waals surface area contributed by atoms with E-state index in [0.29, 0.717) is 16.4 Å². The molecule has 0 aliphatic carbocycles. The first-order chi connectivity index (χ1) is 12.0. The van der Waals surface area contributed by atoms with Crippen LogP contribution in [-0.2, 0) is 0 Å². The Morgan fingerprint density at radius 2 is 1.88 bits per heavy atom. The Morgan fingerprint density at radius 3 is 2.56 bits per heavy atom. The zero-order valence-corrected chi connectivity index (χ0v) is 15.1. The van der Waals surface area contributed by atoms with Crippen molar-refractivity contribution in [1.82, 2.24) is 20.3 Å². The van der Waals surface area contributed by atoms with Gasteiger partial charge in [-0.25, -0.2) is 4.68 Å². The lowest BCUT2D eigenvalue weighted by atomic mass is 10.1. The fourth-order valence-electron chi connectivity index (χ4n) is 2.59. The lowest BCUT2D eigenvalue weighted by Gasteiger charge is -2.13. The van der Waals surface area contributed by atoms with Crippen LogP contribution in [0.15, 0.2) is 48.5 Å². The number of carbonyl (C=O) groups excluding carboxylic acids is 1. The summed E-state index contributed by atoms with van der Waals surface area (Å²) in [4.78, 5) is 12.6. The maximum Gasteiger partial charge on any atom is 0.274 e. The molecule has 5 nitrogen and oxygen atoms in total. The van der Waals surface area contributed by atoms with Gasteiger partial charge in [-0.2, -0.15) is 0 Å². The summed E-state index contributed by atoms with van der Waals surface area (Å²) >= 11 is 6.18. The van der Waals surface area contributed by atoms with Gasteiger partial charge in [0.2, 0.25) is 0 Å². The average Bonchev–Trinajstić information content (AvgIpc) is 2.99. The van der Waals surface area contributed by atoms with Gasteiger partial charge in [-0.3, -0.25) is 4.79 Å². The predicted molar refractivity (Wildman–Crippen MR) is 98.2 cm³/mol. The molecule has 1 N–H and O–H groups in total. The Balaban J connectivity index is 1.83. The molecule has 0 spiro atoms. The molecule has 0 radical (unpaired) electrons. The Labute approximate surface area is 151 Å². The van der Waals surface area contributed by atoms with E-state index in [0.717, 1.165) is 16.8 Å². The van der Waals surface area contributed by atoms with Crippen LogP contribution in [0.4, 0.5) is 0 Å². The van der Waals surface area contributed by atoms with Crippen molar-refractivity contribution < 1.29 is 4.79 Å². The lowest BCUT2D eigenvalue weighted by Crippen LogP contribution is -2.27. The predicted octanol–water partition coefficient (Wildman–Crippen LogP) is 4.03. The van der Waals surface area contributed by atoms with Crippen molar-refractivity contribution in [2.75, 3.05) is 0 Å². The van der Waals surface area contributed by atoms with Crippen LogP contribution in [-0.4, -0.2) is 20.9 Å². The fourth-order valence-corrected chi connectivity index (χ4v) is 2.76. The number of aryl methyl sites for hydroxylation is 1. The molecule has 3 aromatic rings. The van der Waals surface area contributed by atoms with Crippen LogP contribution in [0.3, 0.4) is 0 Å². The van der Waals surface area contributed by atoms with E-state index in [1.807, 2.05) is 69.3 Å². The van der Waals surface area contributed by atoms with E-state index in [4.69, 9.17) is 11.6 Å². The van der Waals surface area contributed by atoms with Gasteiger partial charge in [0.05, 0.1) is 17.4 Å². The highest BCUT2D eigenvalue weighted by Crippen LogP contribution is 2.21. The summed E-state index contributed by atoms with van der Waals surface area (Å²) in [6, 6.07) is 15.3. The van der Waals surface area contributed by atoms with Crippen molar-refractivity contribution in [3.63, 3.8) is 0 Å². The van der Waals surface area contributed by atoms with Crippen molar-refractivity contribution >= 4 is 17.5 Å². The smallest absolute Gasteiger partial charge is 0.274 e. The van der Waals surface area contributed by atoms with Gasteiger partial charge in [0.15, 0.2) is 5.69 Å². The molecule has 2 aromatic carbocycles. The zero-order valence-electron chi connectivity index (χ0n) is 14.3. The van der Waals surface area contributed by atoms with Gasteiger partial charge in [-0.15, -0.1) is 5.10 Å². The molecule has 0 bridgehead atoms. The van der Waals surface area contributed by atoms with Crippen LogP contribution >= 0.6 is 11.6 Å². The Kier molecular flexibility index (Phi) is 4.86. The molecule has 6 heteroatoms. The van der Waals surface area contributed by atoms with Crippen LogP contribution in [0.1, 0.15) is 40.3 Å². The van der Waals surface area contributed by atoms with Crippen molar-refractivity contribution in [3.8, 4) is 5.69 Å². The molecule has 0 saturated carbocycles. The summed E-state index contributed by atoms with van der Waals surface area (Å²) in [6.07, 6.45) is 0. The number of hydrogen-bond donors (Lipinski definition) is 1. The van der Waals surface area contributed by atoms with E-state index in [-0.39, 0.29) is 11.9 Å². The molecule has 1 heterocycles. The number of amides is 1. The first kappa shape index (κ1) is 17.2. The van der Waals surface area contributed by atoms with Crippen LogP contribution < -0.4 is 5.32 Å². The maximum absolute atomic E-state index is 12.6. The second-order valence-electron chi connectivity index (χ2n) is 5.97. The molecule has 1 atom stereocenters. The highest BCUT2D eigenvalue weighted by Gasteiger charge is 2.19. The normalized spacial score (nSPS) is 12.0. The van der Waals surface area contributed by atoms with Gasteiger partial charge < -0.3 is 5.32 Å². The molecule has 0 fully saturated rings. The molecule has 1 unspecified atom stereocenters. The number of hydrogen-bond acceptors (Lipinski definition) is 3. The SMILES string of the molecule is Cc1ccc(-n2nnc(C(=O)NC(C)c3ccccc3)c2C)cc1Cl. The largest absolute Gasteiger partial charge is 0.344 e. The Bertz CT molecular complexity index is 905. The van der Waals surface area contributed by atoms with Crippen LogP contribution in [0.25, 0.3) is 5.69 Å². The minimum Gasteiger partial charge on any atom is -0.344 e. The number of nitrogens with one attached hydrogen (secondary N) is 1. The number of carbonyl (C=O) groups is 1. The van der Waals surface area contributed by atoms with E-state index in [1.165, 1.54) is 0 Å². The molecule has 3 rings (SSSR count). The molecule has 1 amide bonds. The summed E-state index contributed by atoms with van der Waals surface area (Å²) in [5, 5.41) is 11.8. The Hall–Kier alpha value is -2.66. The van der Waals surface area contributed by atoms with Crippen molar-refractivity contribution in [2.45, 2.75) is 26.8 Å². The number of nitrogens with zero attached hydrogens (tertiary/aromatic N) is 3. The second kappa shape index (κ2) is 7.07. The van der Waals surface area contributed by atoms with Gasteiger partial charge >= 0.3 is 0 Å². The fraction of sp³-hybridized carbons (Fsp3) is 0.211. The highest BCUT2D eigenvalue weighted by molar-refractivity contribution is 6.31. The molecule has 25 heavy (non-hydrogen) atoms. The van der Waals surface area contributed by atoms with Crippen molar-refractivity contribution in [1.29, 1.82) is 0 Å². The molecule has 1 aromatic heterocycles. The van der Waals surface area contributed by atoms with E-state index in [2.05, 4.69) is 15.6 Å². The van der Waals surface area contributed by atoms with Gasteiger partial charge in [-0.05, 0) is 44.0 Å². The number of benzene rings is 2. The topological polar surface area (TPSA) is 59.8 Å². The first-order valence-electron chi connectivity index (χ1n) is 8.02. The van der Waals surface area contributed by atoms with Gasteiger partial charge in [0.25, 0.3) is 5.91 Å². The number of aromatic nitrogens is 3. The molecular weight excluding hydrogens is 336 g/mol. The van der Waals surface area contributed by atoms with Gasteiger partial charge in [0, 0.05) is 5.02 Å². The Morgan fingerprint density at radius 1 is 1.16 bits per heavy atom. The zero-order chi connectivity index (χ0) is 18.0. The van der Waals surface area contributed by atoms with E-state index < -0.39 is 0 Å². The van der Waals surface area contributed by atoms with E-state index >= 15 is 0 Å². The van der Waals surface area contributed by atoms with Crippen LogP contribution in [0, 0.1) is 13.8 Å². The molecule has 0 aliphatic heterocycles. The third kappa shape index (κ3) is 3.56. The quantitative estimate of drug-likeness (QED) is 0.769. The minimum atomic E-state index is -0.252. The molecular formula is C19H19ClN4O. The highest BCUT2D eigenvalue weighted by atomic mass is 35.5. The number of halogens is 1. The van der Waals surface area contributed by atoms with E-state index in [1.54, 1.807) is 4.68 Å². The van der Waals surface area contributed by atoms with Crippen molar-refractivity contribution in [2.24, 2.45) is 0 Å². The summed E-state index contributed by atoms with van der Waals surface area (Å²) in [5.41, 5.74) is 3.76. The van der Waals surface area contributed by atoms with Crippen LogP contribution in [0.2, 0.25) is 5.02 Å². The summed E-state index contributed by atoms with van der Waals surface area (Å²) < 4.78 is 1.62. The summed E-state index contributed by atoms with van der Waals surface area (Å²) in [7, 11) is 0. The van der Waals surface area contributed by atoms with Crippen molar-refractivity contribution in [3.05, 3.63) is 76.1 Å². The third-order valence-electron chi connectivity index (χ3n) is 4.16. The standard InChI is InChI=1S/C19H19ClN4O/c1-12-9-10-16(11-17(12)20)24-14(3)18(22-23-24)19(25)21-13(2)15-7-5-4-6-8-15/h4-11,13H,1-3H3,(H,21,25). The molecule has 128 valence electrons. The first-order valence-corrected chi connectivity index (χ1v) is 8.40. The number of rotatable bonds is 4. The maximum atomic E-state index is 12.6. The van der Waals surface area contributed by atoms with E-state index in [9.17, 15) is 4.79 Å². The second-order valence-corrected chi connectivity index (χ2v) is 6.38. The average molecular weight is 355 g/mol. The monoisotopic (exact) mass is 354 g/mol. The van der Waals surface area contributed by atoms with Gasteiger partial charge in [0.1, 0.15) is 0 Å². The summed E-state index contributed by atoms with van der Waals surface area (Å²) in [6.45, 7) is 5.69. The molecule has 0 aliphatic rings. The molecule has 0 saturated heterocycles. The summed E-state index contributed by atoms with van der Waals surface area (Å²) in [5.74, 6) is -0.252. The third-order valence-corrected chi connectivity index (χ3v) is 4.56. The minimum absolute atomic E-state index is 0.118. The lowest BCUT2D eigenvalue weighted by molar-refractivity contribution is 0.0934.